The number of hydrogen-bond acceptors (Lipinski definition) is 5. The second-order valence-corrected chi connectivity index (χ2v) is 7.11. The average molecular weight is 377 g/mol. The molecule has 5 N–H and O–H groups in total. The van der Waals surface area contributed by atoms with E-state index < -0.39 is 21.8 Å². The highest BCUT2D eigenvalue weighted by Gasteiger charge is 2.13. The van der Waals surface area contributed by atoms with E-state index in [2.05, 4.69) is 10.6 Å². The van der Waals surface area contributed by atoms with Crippen LogP contribution in [0.5, 0.6) is 5.75 Å². The Bertz CT molecular complexity index is 878. The quantitative estimate of drug-likeness (QED) is 0.526. The molecular formula is C17H19N3O5S. The molecule has 0 aliphatic rings. The SMILES string of the molecule is NS(=O)(=O)c1ccc(CNC(=O)C(=O)NCCc2ccc(O)cc2)cc1. The summed E-state index contributed by atoms with van der Waals surface area (Å²) in [6, 6.07) is 12.2. The van der Waals surface area contributed by atoms with Gasteiger partial charge in [-0.2, -0.15) is 0 Å². The molecule has 0 saturated carbocycles. The van der Waals surface area contributed by atoms with Crippen molar-refractivity contribution in [3.8, 4) is 5.75 Å². The van der Waals surface area contributed by atoms with Crippen LogP contribution in [0.4, 0.5) is 0 Å². The first kappa shape index (κ1) is 19.4. The van der Waals surface area contributed by atoms with Crippen molar-refractivity contribution in [3.63, 3.8) is 0 Å². The molecule has 8 nitrogen and oxygen atoms in total. The maximum atomic E-state index is 11.8. The van der Waals surface area contributed by atoms with Crippen LogP contribution >= 0.6 is 0 Å². The second-order valence-electron chi connectivity index (χ2n) is 5.54. The Morgan fingerprint density at radius 3 is 2.00 bits per heavy atom. The van der Waals surface area contributed by atoms with E-state index in [1.165, 1.54) is 24.3 Å². The third-order valence-electron chi connectivity index (χ3n) is 3.55. The molecule has 0 heterocycles. The van der Waals surface area contributed by atoms with Crippen LogP contribution in [0.25, 0.3) is 0 Å². The van der Waals surface area contributed by atoms with E-state index in [9.17, 15) is 23.1 Å². The molecule has 2 aromatic rings. The standard InChI is InChI=1S/C17H19N3O5S/c18-26(24,25)15-7-3-13(4-8-15)11-20-17(23)16(22)19-10-9-12-1-5-14(21)6-2-12/h1-8,21H,9-11H2,(H,19,22)(H,20,23)(H2,18,24,25). The van der Waals surface area contributed by atoms with Crippen molar-refractivity contribution >= 4 is 21.8 Å². The largest absolute Gasteiger partial charge is 0.508 e. The molecule has 26 heavy (non-hydrogen) atoms. The third-order valence-corrected chi connectivity index (χ3v) is 4.48. The molecule has 0 unspecified atom stereocenters. The van der Waals surface area contributed by atoms with Gasteiger partial charge in [0.2, 0.25) is 10.0 Å². The Morgan fingerprint density at radius 1 is 0.885 bits per heavy atom. The van der Waals surface area contributed by atoms with E-state index in [1.54, 1.807) is 24.3 Å². The number of carbonyl (C=O) groups is 2. The van der Waals surface area contributed by atoms with Gasteiger partial charge < -0.3 is 15.7 Å². The lowest BCUT2D eigenvalue weighted by atomic mass is 10.1. The molecular weight excluding hydrogens is 358 g/mol. The third kappa shape index (κ3) is 5.87. The van der Waals surface area contributed by atoms with Gasteiger partial charge in [0.1, 0.15) is 5.75 Å². The monoisotopic (exact) mass is 377 g/mol. The van der Waals surface area contributed by atoms with Crippen molar-refractivity contribution in [1.29, 1.82) is 0 Å². The first-order valence-electron chi connectivity index (χ1n) is 7.71. The van der Waals surface area contributed by atoms with Gasteiger partial charge in [-0.1, -0.05) is 24.3 Å². The number of nitrogens with one attached hydrogen (secondary N) is 2. The Balaban J connectivity index is 1.76. The number of benzene rings is 2. The van der Waals surface area contributed by atoms with Gasteiger partial charge in [0.25, 0.3) is 0 Å². The van der Waals surface area contributed by atoms with Crippen molar-refractivity contribution in [2.45, 2.75) is 17.9 Å². The summed E-state index contributed by atoms with van der Waals surface area (Å²) in [6.45, 7) is 0.356. The van der Waals surface area contributed by atoms with Crippen LogP contribution in [-0.4, -0.2) is 31.9 Å². The fraction of sp³-hybridized carbons (Fsp3) is 0.176. The Morgan fingerprint density at radius 2 is 1.42 bits per heavy atom. The van der Waals surface area contributed by atoms with Gasteiger partial charge in [0.15, 0.2) is 0 Å². The van der Waals surface area contributed by atoms with Gasteiger partial charge in [-0.25, -0.2) is 13.6 Å². The first-order chi connectivity index (χ1) is 12.3. The summed E-state index contributed by atoms with van der Waals surface area (Å²) in [5.74, 6) is -1.38. The van der Waals surface area contributed by atoms with Crippen molar-refractivity contribution in [1.82, 2.24) is 10.6 Å². The summed E-state index contributed by atoms with van der Waals surface area (Å²) in [4.78, 5) is 23.5. The lowest BCUT2D eigenvalue weighted by molar-refractivity contribution is -0.139. The van der Waals surface area contributed by atoms with E-state index in [0.717, 1.165) is 5.56 Å². The zero-order valence-corrected chi connectivity index (χ0v) is 14.6. The van der Waals surface area contributed by atoms with Gasteiger partial charge >= 0.3 is 11.8 Å². The van der Waals surface area contributed by atoms with Crippen molar-refractivity contribution in [2.24, 2.45) is 5.14 Å². The van der Waals surface area contributed by atoms with Gasteiger partial charge in [0.05, 0.1) is 4.90 Å². The zero-order valence-electron chi connectivity index (χ0n) is 13.8. The van der Waals surface area contributed by atoms with Gasteiger partial charge in [-0.3, -0.25) is 9.59 Å². The van der Waals surface area contributed by atoms with E-state index in [0.29, 0.717) is 12.0 Å². The second kappa shape index (κ2) is 8.45. The molecule has 2 aromatic carbocycles. The Kier molecular flexibility index (Phi) is 6.31. The predicted molar refractivity (Wildman–Crippen MR) is 94.5 cm³/mol. The summed E-state index contributed by atoms with van der Waals surface area (Å²) >= 11 is 0. The number of rotatable bonds is 6. The molecule has 0 fully saturated rings. The highest BCUT2D eigenvalue weighted by molar-refractivity contribution is 7.89. The molecule has 0 aromatic heterocycles. The average Bonchev–Trinajstić information content (AvgIpc) is 2.61. The number of carbonyl (C=O) groups excluding carboxylic acids is 2. The predicted octanol–water partition coefficient (Wildman–Crippen LogP) is 0.0147. The van der Waals surface area contributed by atoms with E-state index >= 15 is 0 Å². The number of aromatic hydroxyl groups is 1. The van der Waals surface area contributed by atoms with E-state index in [4.69, 9.17) is 5.14 Å². The summed E-state index contributed by atoms with van der Waals surface area (Å²) in [5, 5.41) is 19.1. The number of phenolic OH excluding ortho intramolecular Hbond substituents is 1. The molecule has 9 heteroatoms. The molecule has 0 spiro atoms. The lowest BCUT2D eigenvalue weighted by Gasteiger charge is -2.07. The lowest BCUT2D eigenvalue weighted by Crippen LogP contribution is -2.40. The highest BCUT2D eigenvalue weighted by Crippen LogP contribution is 2.10. The number of primary sulfonamides is 1. The van der Waals surface area contributed by atoms with Gasteiger partial charge in [-0.05, 0) is 41.8 Å². The Labute approximate surface area is 151 Å². The van der Waals surface area contributed by atoms with Crippen molar-refractivity contribution in [2.75, 3.05) is 6.54 Å². The smallest absolute Gasteiger partial charge is 0.309 e. The van der Waals surface area contributed by atoms with Crippen LogP contribution in [0.15, 0.2) is 53.4 Å². The minimum absolute atomic E-state index is 0.0282. The molecule has 0 aliphatic carbocycles. The van der Waals surface area contributed by atoms with Crippen molar-refractivity contribution in [3.05, 3.63) is 59.7 Å². The summed E-state index contributed by atoms with van der Waals surface area (Å²) in [5.41, 5.74) is 1.54. The van der Waals surface area contributed by atoms with Crippen LogP contribution in [0.2, 0.25) is 0 Å². The van der Waals surface area contributed by atoms with Crippen LogP contribution in [0.1, 0.15) is 11.1 Å². The number of sulfonamides is 1. The van der Waals surface area contributed by atoms with Crippen molar-refractivity contribution < 1.29 is 23.1 Å². The highest BCUT2D eigenvalue weighted by atomic mass is 32.2. The molecule has 138 valence electrons. The van der Waals surface area contributed by atoms with Crippen LogP contribution in [0.3, 0.4) is 0 Å². The number of hydrogen-bond donors (Lipinski definition) is 4. The van der Waals surface area contributed by atoms with Crippen LogP contribution in [0, 0.1) is 0 Å². The molecule has 0 saturated heterocycles. The fourth-order valence-electron chi connectivity index (χ4n) is 2.12. The fourth-order valence-corrected chi connectivity index (χ4v) is 2.64. The van der Waals surface area contributed by atoms with E-state index in [1.807, 2.05) is 0 Å². The summed E-state index contributed by atoms with van der Waals surface area (Å²) in [6.07, 6.45) is 0.522. The molecule has 2 rings (SSSR count). The summed E-state index contributed by atoms with van der Waals surface area (Å²) < 4.78 is 22.3. The molecule has 0 atom stereocenters. The number of phenols is 1. The van der Waals surface area contributed by atoms with Crippen LogP contribution < -0.4 is 15.8 Å². The number of amides is 2. The van der Waals surface area contributed by atoms with Crippen LogP contribution in [-0.2, 0) is 32.6 Å². The molecule has 2 amide bonds. The first-order valence-corrected chi connectivity index (χ1v) is 9.26. The minimum Gasteiger partial charge on any atom is -0.508 e. The topological polar surface area (TPSA) is 139 Å². The minimum atomic E-state index is -3.77. The Hall–Kier alpha value is -2.91. The normalized spacial score (nSPS) is 11.0. The maximum absolute atomic E-state index is 11.8. The molecule has 0 aliphatic heterocycles. The number of nitrogens with two attached hydrogens (primary N) is 1. The maximum Gasteiger partial charge on any atom is 0.309 e. The summed E-state index contributed by atoms with van der Waals surface area (Å²) in [7, 11) is -3.77. The zero-order chi connectivity index (χ0) is 19.2. The van der Waals surface area contributed by atoms with E-state index in [-0.39, 0.29) is 23.7 Å². The van der Waals surface area contributed by atoms with Gasteiger partial charge in [-0.15, -0.1) is 0 Å². The molecule has 0 radical (unpaired) electrons. The van der Waals surface area contributed by atoms with Gasteiger partial charge in [0, 0.05) is 13.1 Å². The molecule has 0 bridgehead atoms.